The van der Waals surface area contributed by atoms with Crippen molar-refractivity contribution in [3.8, 4) is 0 Å². The first-order valence-electron chi connectivity index (χ1n) is 8.73. The van der Waals surface area contributed by atoms with Crippen LogP contribution in [0.15, 0.2) is 28.0 Å². The van der Waals surface area contributed by atoms with Crippen LogP contribution in [0.3, 0.4) is 0 Å². The molecule has 9 heteroatoms. The lowest BCUT2D eigenvalue weighted by Gasteiger charge is -2.29. The number of rotatable bonds is 7. The zero-order chi connectivity index (χ0) is 18.9. The topological polar surface area (TPSA) is 86.8 Å². The lowest BCUT2D eigenvalue weighted by atomic mass is 10.2. The van der Waals surface area contributed by atoms with E-state index in [4.69, 9.17) is 0 Å². The Bertz CT molecular complexity index is 817. The van der Waals surface area contributed by atoms with Gasteiger partial charge in [0.2, 0.25) is 21.8 Å². The standard InChI is InChI=1S/C17H23N3O4S2/c1-3-19(4-2)26(23,24)13-7-8-15-14(9-13)20(17(22)11-25-15)10-16(21)18-12-5-6-12/h7-9,12H,3-6,10-11H2,1-2H3,(H,18,21). The van der Waals surface area contributed by atoms with Crippen LogP contribution in [0.4, 0.5) is 5.69 Å². The summed E-state index contributed by atoms with van der Waals surface area (Å²) in [6.07, 6.45) is 1.94. The number of amides is 2. The maximum absolute atomic E-state index is 12.8. The summed E-state index contributed by atoms with van der Waals surface area (Å²) in [4.78, 5) is 26.9. The maximum atomic E-state index is 12.8. The SMILES string of the molecule is CCN(CC)S(=O)(=O)c1ccc2c(c1)N(CC(=O)NC1CC1)C(=O)CS2. The minimum absolute atomic E-state index is 0.0857. The average Bonchev–Trinajstić information content (AvgIpc) is 3.41. The minimum Gasteiger partial charge on any atom is -0.352 e. The summed E-state index contributed by atoms with van der Waals surface area (Å²) in [6.45, 7) is 4.23. The molecule has 0 bridgehead atoms. The van der Waals surface area contributed by atoms with Gasteiger partial charge in [-0.25, -0.2) is 8.42 Å². The van der Waals surface area contributed by atoms with Crippen LogP contribution in [0.2, 0.25) is 0 Å². The second-order valence-corrected chi connectivity index (χ2v) is 9.28. The molecule has 1 saturated carbocycles. The molecule has 1 fully saturated rings. The molecule has 0 unspecified atom stereocenters. The molecular weight excluding hydrogens is 374 g/mol. The van der Waals surface area contributed by atoms with Crippen molar-refractivity contribution in [2.45, 2.75) is 42.5 Å². The van der Waals surface area contributed by atoms with Crippen molar-refractivity contribution in [2.75, 3.05) is 30.3 Å². The third kappa shape index (κ3) is 3.89. The Morgan fingerprint density at radius 1 is 1.31 bits per heavy atom. The van der Waals surface area contributed by atoms with Gasteiger partial charge in [0, 0.05) is 24.0 Å². The van der Waals surface area contributed by atoms with Gasteiger partial charge in [-0.3, -0.25) is 9.59 Å². The minimum atomic E-state index is -3.63. The maximum Gasteiger partial charge on any atom is 0.243 e. The third-order valence-electron chi connectivity index (χ3n) is 4.46. The second-order valence-electron chi connectivity index (χ2n) is 6.33. The fourth-order valence-corrected chi connectivity index (χ4v) is 5.27. The van der Waals surface area contributed by atoms with Crippen molar-refractivity contribution < 1.29 is 18.0 Å². The smallest absolute Gasteiger partial charge is 0.243 e. The first kappa shape index (κ1) is 19.2. The first-order chi connectivity index (χ1) is 12.4. The number of nitrogens with zero attached hydrogens (tertiary/aromatic N) is 2. The van der Waals surface area contributed by atoms with E-state index < -0.39 is 10.0 Å². The molecule has 2 amide bonds. The van der Waals surface area contributed by atoms with E-state index in [1.807, 2.05) is 0 Å². The van der Waals surface area contributed by atoms with Crippen LogP contribution in [0, 0.1) is 0 Å². The van der Waals surface area contributed by atoms with E-state index in [-0.39, 0.29) is 35.0 Å². The van der Waals surface area contributed by atoms with Crippen molar-refractivity contribution >= 4 is 39.3 Å². The molecule has 1 aromatic carbocycles. The van der Waals surface area contributed by atoms with Crippen molar-refractivity contribution in [3.63, 3.8) is 0 Å². The van der Waals surface area contributed by atoms with E-state index in [9.17, 15) is 18.0 Å². The molecule has 26 heavy (non-hydrogen) atoms. The van der Waals surface area contributed by atoms with E-state index in [1.54, 1.807) is 26.0 Å². The van der Waals surface area contributed by atoms with Crippen molar-refractivity contribution in [1.82, 2.24) is 9.62 Å². The monoisotopic (exact) mass is 397 g/mol. The van der Waals surface area contributed by atoms with Crippen LogP contribution in [0.5, 0.6) is 0 Å². The molecule has 1 aliphatic heterocycles. The molecule has 1 aliphatic carbocycles. The normalized spacial score (nSPS) is 17.3. The number of sulfonamides is 1. The summed E-state index contributed by atoms with van der Waals surface area (Å²) in [5, 5.41) is 2.87. The number of fused-ring (bicyclic) bond motifs is 1. The van der Waals surface area contributed by atoms with E-state index in [0.29, 0.717) is 18.8 Å². The predicted molar refractivity (Wildman–Crippen MR) is 101 cm³/mol. The van der Waals surface area contributed by atoms with Crippen LogP contribution < -0.4 is 10.2 Å². The van der Waals surface area contributed by atoms with E-state index in [2.05, 4.69) is 5.32 Å². The summed E-state index contributed by atoms with van der Waals surface area (Å²) in [7, 11) is -3.63. The molecule has 1 aromatic rings. The molecule has 3 rings (SSSR count). The Hall–Kier alpha value is -1.58. The van der Waals surface area contributed by atoms with Gasteiger partial charge in [-0.1, -0.05) is 13.8 Å². The summed E-state index contributed by atoms with van der Waals surface area (Å²) in [5.74, 6) is -0.159. The molecule has 7 nitrogen and oxygen atoms in total. The Morgan fingerprint density at radius 2 is 2.00 bits per heavy atom. The average molecular weight is 398 g/mol. The number of hydrogen-bond donors (Lipinski definition) is 1. The lowest BCUT2D eigenvalue weighted by molar-refractivity contribution is -0.123. The molecule has 0 atom stereocenters. The molecule has 0 aromatic heterocycles. The highest BCUT2D eigenvalue weighted by molar-refractivity contribution is 8.00. The summed E-state index contributed by atoms with van der Waals surface area (Å²) < 4.78 is 26.9. The van der Waals surface area contributed by atoms with Crippen molar-refractivity contribution in [1.29, 1.82) is 0 Å². The number of hydrogen-bond acceptors (Lipinski definition) is 5. The highest BCUT2D eigenvalue weighted by Gasteiger charge is 2.31. The van der Waals surface area contributed by atoms with Crippen LogP contribution in [0.1, 0.15) is 26.7 Å². The Balaban J connectivity index is 1.92. The van der Waals surface area contributed by atoms with Gasteiger partial charge in [0.25, 0.3) is 0 Å². The predicted octanol–water partition coefficient (Wildman–Crippen LogP) is 1.43. The third-order valence-corrected chi connectivity index (χ3v) is 7.55. The quantitative estimate of drug-likeness (QED) is 0.752. The van der Waals surface area contributed by atoms with Crippen LogP contribution in [0.25, 0.3) is 0 Å². The Kier molecular flexibility index (Phi) is 5.59. The number of thioether (sulfide) groups is 1. The van der Waals surface area contributed by atoms with Gasteiger partial charge < -0.3 is 10.2 Å². The number of benzene rings is 1. The second kappa shape index (κ2) is 7.58. The van der Waals surface area contributed by atoms with Gasteiger partial charge in [0.1, 0.15) is 6.54 Å². The van der Waals surface area contributed by atoms with Gasteiger partial charge in [-0.15, -0.1) is 11.8 Å². The number of carbonyl (C=O) groups excluding carboxylic acids is 2. The summed E-state index contributed by atoms with van der Waals surface area (Å²) in [6, 6.07) is 5.01. The highest BCUT2D eigenvalue weighted by Crippen LogP contribution is 2.37. The Labute approximate surface area is 158 Å². The van der Waals surface area contributed by atoms with Crippen LogP contribution >= 0.6 is 11.8 Å². The molecule has 0 spiro atoms. The van der Waals surface area contributed by atoms with E-state index in [0.717, 1.165) is 17.7 Å². The van der Waals surface area contributed by atoms with Gasteiger partial charge >= 0.3 is 0 Å². The van der Waals surface area contributed by atoms with Crippen molar-refractivity contribution in [3.05, 3.63) is 18.2 Å². The number of nitrogens with one attached hydrogen (secondary N) is 1. The highest BCUT2D eigenvalue weighted by atomic mass is 32.2. The van der Waals surface area contributed by atoms with Crippen LogP contribution in [-0.4, -0.2) is 56.0 Å². The summed E-state index contributed by atoms with van der Waals surface area (Å²) in [5.41, 5.74) is 0.491. The van der Waals surface area contributed by atoms with Gasteiger partial charge in [-0.05, 0) is 31.0 Å². The molecule has 1 N–H and O–H groups in total. The zero-order valence-corrected chi connectivity index (χ0v) is 16.5. The fourth-order valence-electron chi connectivity index (χ4n) is 2.87. The van der Waals surface area contributed by atoms with E-state index >= 15 is 0 Å². The molecule has 0 saturated heterocycles. The molecule has 0 radical (unpaired) electrons. The Morgan fingerprint density at radius 3 is 2.62 bits per heavy atom. The fraction of sp³-hybridized carbons (Fsp3) is 0.529. The van der Waals surface area contributed by atoms with Gasteiger partial charge in [0.05, 0.1) is 16.3 Å². The largest absolute Gasteiger partial charge is 0.352 e. The molecular formula is C17H23N3O4S2. The molecule has 2 aliphatic rings. The van der Waals surface area contributed by atoms with Crippen molar-refractivity contribution in [2.24, 2.45) is 0 Å². The molecule has 142 valence electrons. The molecule has 1 heterocycles. The first-order valence-corrected chi connectivity index (χ1v) is 11.2. The van der Waals surface area contributed by atoms with Gasteiger partial charge in [0.15, 0.2) is 0 Å². The zero-order valence-electron chi connectivity index (χ0n) is 14.9. The number of anilines is 1. The van der Waals surface area contributed by atoms with Gasteiger partial charge in [-0.2, -0.15) is 4.31 Å². The lowest BCUT2D eigenvalue weighted by Crippen LogP contribution is -2.44. The van der Waals surface area contributed by atoms with E-state index in [1.165, 1.54) is 27.0 Å². The van der Waals surface area contributed by atoms with Crippen LogP contribution in [-0.2, 0) is 19.6 Å². The summed E-state index contributed by atoms with van der Waals surface area (Å²) >= 11 is 1.36. The number of carbonyl (C=O) groups is 2.